The van der Waals surface area contributed by atoms with E-state index in [1.807, 2.05) is 39.8 Å². The van der Waals surface area contributed by atoms with E-state index in [0.717, 1.165) is 11.3 Å². The third-order valence-electron chi connectivity index (χ3n) is 4.05. The van der Waals surface area contributed by atoms with E-state index in [0.29, 0.717) is 0 Å². The fourth-order valence-corrected chi connectivity index (χ4v) is 2.77. The van der Waals surface area contributed by atoms with Gasteiger partial charge in [0.2, 0.25) is 5.91 Å². The zero-order valence-electron chi connectivity index (χ0n) is 16.8. The topological polar surface area (TPSA) is 122 Å². The van der Waals surface area contributed by atoms with Crippen molar-refractivity contribution in [2.45, 2.75) is 46.8 Å². The van der Waals surface area contributed by atoms with Gasteiger partial charge in [0.25, 0.3) is 5.91 Å². The lowest BCUT2D eigenvalue weighted by molar-refractivity contribution is -0.122. The van der Waals surface area contributed by atoms with E-state index in [9.17, 15) is 14.4 Å². The Morgan fingerprint density at radius 3 is 2.52 bits per heavy atom. The van der Waals surface area contributed by atoms with Crippen molar-refractivity contribution in [3.63, 3.8) is 0 Å². The molecule has 1 atom stereocenters. The lowest BCUT2D eigenvalue weighted by Gasteiger charge is -2.30. The quantitative estimate of drug-likeness (QED) is 0.618. The Hall–Kier alpha value is -3.01. The monoisotopic (exact) mass is 419 g/mol. The van der Waals surface area contributed by atoms with Gasteiger partial charge < -0.3 is 10.1 Å². The Balaban J connectivity index is 1.84. The molecule has 0 aromatic carbocycles. The summed E-state index contributed by atoms with van der Waals surface area (Å²) in [4.78, 5) is 44.2. The number of carbonyl (C=O) groups excluding carboxylic acids is 3. The fraction of sp³-hybridized carbons (Fsp3) is 0.421. The molecular formula is C19H25N5O4S. The third-order valence-corrected chi connectivity index (χ3v) is 4.64. The smallest absolute Gasteiger partial charge is 0.407 e. The molecule has 3 N–H and O–H groups in total. The largest absolute Gasteiger partial charge is 0.445 e. The van der Waals surface area contributed by atoms with Crippen LogP contribution in [0.25, 0.3) is 0 Å². The Morgan fingerprint density at radius 1 is 1.17 bits per heavy atom. The number of carbonyl (C=O) groups is 3. The van der Waals surface area contributed by atoms with Gasteiger partial charge in [0.15, 0.2) is 0 Å². The van der Waals surface area contributed by atoms with Gasteiger partial charge in [0.1, 0.15) is 12.3 Å². The first-order valence-electron chi connectivity index (χ1n) is 8.97. The minimum atomic E-state index is -0.634. The molecule has 29 heavy (non-hydrogen) atoms. The minimum Gasteiger partial charge on any atom is -0.445 e. The lowest BCUT2D eigenvalue weighted by atomic mass is 9.84. The first-order valence-corrected chi connectivity index (χ1v) is 9.91. The molecule has 0 saturated carbocycles. The van der Waals surface area contributed by atoms with Crippen LogP contribution in [0.4, 0.5) is 4.79 Å². The normalized spacial score (nSPS) is 12.0. The van der Waals surface area contributed by atoms with Gasteiger partial charge in [0.05, 0.1) is 5.51 Å². The van der Waals surface area contributed by atoms with E-state index >= 15 is 0 Å². The molecule has 0 saturated heterocycles. The summed E-state index contributed by atoms with van der Waals surface area (Å²) in [6.45, 7) is 7.62. The molecule has 9 nitrogen and oxygen atoms in total. The molecule has 2 heterocycles. The van der Waals surface area contributed by atoms with Crippen molar-refractivity contribution in [2.75, 3.05) is 0 Å². The molecule has 0 fully saturated rings. The summed E-state index contributed by atoms with van der Waals surface area (Å²) in [5.74, 6) is -0.956. The summed E-state index contributed by atoms with van der Waals surface area (Å²) in [6.07, 6.45) is 0.967. The molecule has 156 valence electrons. The number of rotatable bonds is 6. The highest BCUT2D eigenvalue weighted by atomic mass is 32.1. The van der Waals surface area contributed by atoms with Gasteiger partial charge in [-0.2, -0.15) is 0 Å². The highest BCUT2D eigenvalue weighted by molar-refractivity contribution is 7.07. The van der Waals surface area contributed by atoms with E-state index in [1.54, 1.807) is 11.6 Å². The van der Waals surface area contributed by atoms with Crippen LogP contribution in [-0.2, 0) is 16.1 Å². The number of aryl methyl sites for hydroxylation is 1. The van der Waals surface area contributed by atoms with Crippen LogP contribution in [0.15, 0.2) is 29.2 Å². The van der Waals surface area contributed by atoms with Crippen molar-refractivity contribution < 1.29 is 19.1 Å². The maximum absolute atomic E-state index is 12.2. The zero-order chi connectivity index (χ0) is 21.4. The molecule has 0 bridgehead atoms. The summed E-state index contributed by atoms with van der Waals surface area (Å²) in [6, 6.07) is 3.15. The molecular weight excluding hydrogens is 394 g/mol. The van der Waals surface area contributed by atoms with E-state index in [1.165, 1.54) is 16.8 Å². The summed E-state index contributed by atoms with van der Waals surface area (Å²) >= 11 is 1.28. The van der Waals surface area contributed by atoms with Crippen molar-refractivity contribution in [1.29, 1.82) is 0 Å². The maximum atomic E-state index is 12.2. The predicted octanol–water partition coefficient (Wildman–Crippen LogP) is 2.34. The van der Waals surface area contributed by atoms with Gasteiger partial charge in [0, 0.05) is 35.3 Å². The second kappa shape index (κ2) is 9.97. The zero-order valence-corrected chi connectivity index (χ0v) is 17.6. The van der Waals surface area contributed by atoms with Crippen molar-refractivity contribution >= 4 is 29.2 Å². The molecule has 0 spiro atoms. The lowest BCUT2D eigenvalue weighted by Crippen LogP contribution is -2.49. The second-order valence-electron chi connectivity index (χ2n) is 7.53. The van der Waals surface area contributed by atoms with Gasteiger partial charge in [-0.25, -0.2) is 9.78 Å². The molecule has 10 heteroatoms. The molecule has 2 aromatic rings. The molecule has 2 aromatic heterocycles. The summed E-state index contributed by atoms with van der Waals surface area (Å²) in [5.41, 5.74) is 7.60. The predicted molar refractivity (Wildman–Crippen MR) is 108 cm³/mol. The molecule has 0 aliphatic heterocycles. The Morgan fingerprint density at radius 2 is 1.93 bits per heavy atom. The Bertz CT molecular complexity index is 831. The SMILES string of the molecule is Cc1ccc(COC(=O)N[C@@H](CC(=O)NNC(=O)c2cscn2)C(C)(C)C)cn1. The standard InChI is InChI=1S/C19H25N5O4S/c1-12-5-6-13(8-20-12)9-28-18(27)22-15(19(2,3)4)7-16(25)23-24-17(26)14-10-29-11-21-14/h5-6,8,10-11,15H,7,9H2,1-4H3,(H,22,27)(H,23,25)(H,24,26)/t15-/m0/s1. The number of alkyl carbamates (subject to hydrolysis) is 1. The van der Waals surface area contributed by atoms with Crippen molar-refractivity contribution in [3.05, 3.63) is 46.2 Å². The molecule has 2 rings (SSSR count). The number of hydrazine groups is 1. The highest BCUT2D eigenvalue weighted by Gasteiger charge is 2.29. The number of nitrogens with one attached hydrogen (secondary N) is 3. The first kappa shape index (κ1) is 22.3. The van der Waals surface area contributed by atoms with Crippen LogP contribution in [0.3, 0.4) is 0 Å². The van der Waals surface area contributed by atoms with Crippen molar-refractivity contribution in [2.24, 2.45) is 5.41 Å². The second-order valence-corrected chi connectivity index (χ2v) is 8.25. The van der Waals surface area contributed by atoms with Crippen LogP contribution in [-0.4, -0.2) is 33.9 Å². The number of thiazole rings is 1. The molecule has 3 amide bonds. The molecule has 0 aliphatic rings. The van der Waals surface area contributed by atoms with E-state index in [2.05, 4.69) is 26.1 Å². The van der Waals surface area contributed by atoms with Gasteiger partial charge in [-0.3, -0.25) is 25.4 Å². The van der Waals surface area contributed by atoms with Crippen molar-refractivity contribution in [1.82, 2.24) is 26.1 Å². The number of aromatic nitrogens is 2. The average molecular weight is 420 g/mol. The van der Waals surface area contributed by atoms with Gasteiger partial charge in [-0.15, -0.1) is 11.3 Å². The minimum absolute atomic E-state index is 0.0397. The first-order chi connectivity index (χ1) is 13.6. The number of hydrogen-bond donors (Lipinski definition) is 3. The molecule has 0 radical (unpaired) electrons. The van der Waals surface area contributed by atoms with Crippen LogP contribution in [0.1, 0.15) is 48.9 Å². The summed E-state index contributed by atoms with van der Waals surface area (Å²) < 4.78 is 5.22. The number of amides is 3. The van der Waals surface area contributed by atoms with Crippen LogP contribution in [0.2, 0.25) is 0 Å². The Labute approximate surface area is 173 Å². The highest BCUT2D eigenvalue weighted by Crippen LogP contribution is 2.22. The third kappa shape index (κ3) is 7.49. The maximum Gasteiger partial charge on any atom is 0.407 e. The summed E-state index contributed by atoms with van der Waals surface area (Å²) in [5, 5.41) is 4.29. The van der Waals surface area contributed by atoms with Crippen LogP contribution >= 0.6 is 11.3 Å². The van der Waals surface area contributed by atoms with E-state index in [-0.39, 0.29) is 18.7 Å². The number of pyridine rings is 1. The van der Waals surface area contributed by atoms with Crippen LogP contribution in [0, 0.1) is 12.3 Å². The summed E-state index contributed by atoms with van der Waals surface area (Å²) in [7, 11) is 0. The Kier molecular flexibility index (Phi) is 7.66. The van der Waals surface area contributed by atoms with Crippen molar-refractivity contribution in [3.8, 4) is 0 Å². The van der Waals surface area contributed by atoms with Crippen LogP contribution < -0.4 is 16.2 Å². The average Bonchev–Trinajstić information content (AvgIpc) is 3.19. The van der Waals surface area contributed by atoms with Gasteiger partial charge in [-0.1, -0.05) is 26.8 Å². The van der Waals surface area contributed by atoms with E-state index < -0.39 is 29.4 Å². The van der Waals surface area contributed by atoms with Gasteiger partial charge in [-0.05, 0) is 18.4 Å². The number of ether oxygens (including phenoxy) is 1. The molecule has 0 unspecified atom stereocenters. The number of nitrogens with zero attached hydrogens (tertiary/aromatic N) is 2. The van der Waals surface area contributed by atoms with Gasteiger partial charge >= 0.3 is 6.09 Å². The van der Waals surface area contributed by atoms with E-state index in [4.69, 9.17) is 4.74 Å². The fourth-order valence-electron chi connectivity index (χ4n) is 2.24. The molecule has 0 aliphatic carbocycles. The number of hydrogen-bond acceptors (Lipinski definition) is 7. The van der Waals surface area contributed by atoms with Crippen LogP contribution in [0.5, 0.6) is 0 Å².